The van der Waals surface area contributed by atoms with Crippen molar-refractivity contribution in [1.29, 1.82) is 0 Å². The number of ether oxygens (including phenoxy) is 3. The van der Waals surface area contributed by atoms with Crippen LogP contribution in [0.25, 0.3) is 5.57 Å². The summed E-state index contributed by atoms with van der Waals surface area (Å²) >= 11 is 0. The number of phenolic OH excluding ortho intramolecular Hbond substituents is 1. The maximum atomic E-state index is 13.2. The predicted octanol–water partition coefficient (Wildman–Crippen LogP) is 2.84. The van der Waals surface area contributed by atoms with Crippen molar-refractivity contribution in [2.24, 2.45) is 0 Å². The van der Waals surface area contributed by atoms with E-state index in [1.54, 1.807) is 39.0 Å². The highest BCUT2D eigenvalue weighted by atomic mass is 16.6. The third-order valence-corrected chi connectivity index (χ3v) is 6.03. The number of hydrogen-bond donors (Lipinski definition) is 3. The molecule has 0 spiro atoms. The molecule has 2 aliphatic heterocycles. The summed E-state index contributed by atoms with van der Waals surface area (Å²) in [5, 5.41) is 30.6. The molecule has 2 aliphatic rings. The number of esters is 2. The molecule has 2 atom stereocenters. The number of benzene rings is 2. The van der Waals surface area contributed by atoms with Crippen LogP contribution in [0.5, 0.6) is 11.5 Å². The Balaban J connectivity index is 1.79. The topological polar surface area (TPSA) is 123 Å². The van der Waals surface area contributed by atoms with Crippen LogP contribution in [0.15, 0.2) is 48.2 Å². The fourth-order valence-electron chi connectivity index (χ4n) is 4.23. The number of aromatic hydroxyl groups is 1. The van der Waals surface area contributed by atoms with E-state index in [2.05, 4.69) is 0 Å². The smallest absolute Gasteiger partial charge is 0.375 e. The Morgan fingerprint density at radius 2 is 1.82 bits per heavy atom. The molecule has 8 nitrogen and oxygen atoms in total. The van der Waals surface area contributed by atoms with Crippen LogP contribution in [-0.2, 0) is 31.9 Å². The number of rotatable bonds is 5. The summed E-state index contributed by atoms with van der Waals surface area (Å²) in [4.78, 5) is 25.6. The summed E-state index contributed by atoms with van der Waals surface area (Å²) in [6.07, 6.45) is -0.473. The minimum absolute atomic E-state index is 0.0121. The van der Waals surface area contributed by atoms with Crippen molar-refractivity contribution in [2.75, 3.05) is 6.61 Å². The van der Waals surface area contributed by atoms with Gasteiger partial charge in [0.05, 0.1) is 18.3 Å². The Hall–Kier alpha value is -3.52. The molecule has 8 heteroatoms. The van der Waals surface area contributed by atoms with Gasteiger partial charge in [0.2, 0.25) is 11.4 Å². The SMILES string of the molecule is CCOC(=O)[C@]1(Cc2ccc3c(c2)CC(O)C(C)(C)O3)OC(=O)C(O)=C1c1ccc(O)cc1. The molecule has 2 aromatic rings. The predicted molar refractivity (Wildman–Crippen MR) is 118 cm³/mol. The molecule has 2 aromatic carbocycles. The van der Waals surface area contributed by atoms with Crippen LogP contribution in [0.4, 0.5) is 0 Å². The highest BCUT2D eigenvalue weighted by molar-refractivity contribution is 6.11. The first kappa shape index (κ1) is 22.7. The number of carbonyl (C=O) groups excluding carboxylic acids is 2. The van der Waals surface area contributed by atoms with Crippen molar-refractivity contribution < 1.29 is 39.1 Å². The molecule has 2 heterocycles. The zero-order valence-electron chi connectivity index (χ0n) is 18.6. The lowest BCUT2D eigenvalue weighted by Crippen LogP contribution is -2.46. The van der Waals surface area contributed by atoms with Gasteiger partial charge in [-0.25, -0.2) is 9.59 Å². The van der Waals surface area contributed by atoms with Gasteiger partial charge in [0, 0.05) is 12.8 Å². The monoisotopic (exact) mass is 454 g/mol. The van der Waals surface area contributed by atoms with E-state index in [1.807, 2.05) is 0 Å². The summed E-state index contributed by atoms with van der Waals surface area (Å²) in [6, 6.07) is 11.0. The highest BCUT2D eigenvalue weighted by Crippen LogP contribution is 2.44. The van der Waals surface area contributed by atoms with Gasteiger partial charge >= 0.3 is 11.9 Å². The van der Waals surface area contributed by atoms with E-state index < -0.39 is 35.0 Å². The van der Waals surface area contributed by atoms with Gasteiger partial charge in [-0.1, -0.05) is 24.3 Å². The van der Waals surface area contributed by atoms with Gasteiger partial charge in [-0.2, -0.15) is 0 Å². The average Bonchev–Trinajstić information content (AvgIpc) is 3.00. The molecule has 0 radical (unpaired) electrons. The van der Waals surface area contributed by atoms with E-state index in [9.17, 15) is 24.9 Å². The van der Waals surface area contributed by atoms with Crippen LogP contribution in [0.1, 0.15) is 37.5 Å². The normalized spacial score (nSPS) is 23.5. The third-order valence-electron chi connectivity index (χ3n) is 6.03. The lowest BCUT2D eigenvalue weighted by Gasteiger charge is -2.37. The minimum atomic E-state index is -1.92. The molecule has 0 amide bonds. The molecule has 0 saturated heterocycles. The van der Waals surface area contributed by atoms with Crippen LogP contribution < -0.4 is 4.74 Å². The molecule has 0 saturated carbocycles. The summed E-state index contributed by atoms with van der Waals surface area (Å²) in [6.45, 7) is 5.28. The van der Waals surface area contributed by atoms with Gasteiger partial charge in [0.15, 0.2) is 0 Å². The second-order valence-corrected chi connectivity index (χ2v) is 8.75. The number of aliphatic hydroxyl groups is 2. The molecule has 33 heavy (non-hydrogen) atoms. The number of cyclic esters (lactones) is 1. The Labute approximate surface area is 191 Å². The van der Waals surface area contributed by atoms with E-state index in [4.69, 9.17) is 14.2 Å². The first-order valence-corrected chi connectivity index (χ1v) is 10.7. The van der Waals surface area contributed by atoms with Gasteiger partial charge in [0.25, 0.3) is 0 Å². The van der Waals surface area contributed by atoms with Crippen molar-refractivity contribution in [2.45, 2.75) is 50.9 Å². The van der Waals surface area contributed by atoms with Crippen LogP contribution >= 0.6 is 0 Å². The Morgan fingerprint density at radius 3 is 2.48 bits per heavy atom. The molecule has 0 bridgehead atoms. The molecule has 4 rings (SSSR count). The van der Waals surface area contributed by atoms with Crippen LogP contribution in [-0.4, -0.2) is 51.2 Å². The quantitative estimate of drug-likeness (QED) is 0.590. The van der Waals surface area contributed by atoms with Gasteiger partial charge in [-0.05, 0) is 55.7 Å². The van der Waals surface area contributed by atoms with Crippen molar-refractivity contribution >= 4 is 17.5 Å². The fourth-order valence-corrected chi connectivity index (χ4v) is 4.23. The van der Waals surface area contributed by atoms with Gasteiger partial charge in [-0.15, -0.1) is 0 Å². The summed E-state index contributed by atoms with van der Waals surface area (Å²) < 4.78 is 16.7. The summed E-state index contributed by atoms with van der Waals surface area (Å²) in [5.74, 6) is -1.93. The minimum Gasteiger partial charge on any atom is -0.508 e. The average molecular weight is 454 g/mol. The Morgan fingerprint density at radius 1 is 1.12 bits per heavy atom. The van der Waals surface area contributed by atoms with Crippen molar-refractivity contribution in [3.05, 3.63) is 64.9 Å². The van der Waals surface area contributed by atoms with E-state index in [1.165, 1.54) is 24.3 Å². The largest absolute Gasteiger partial charge is 0.508 e. The maximum Gasteiger partial charge on any atom is 0.375 e. The lowest BCUT2D eigenvalue weighted by atomic mass is 9.82. The zero-order valence-corrected chi connectivity index (χ0v) is 18.6. The van der Waals surface area contributed by atoms with E-state index in [-0.39, 0.29) is 24.4 Å². The third kappa shape index (κ3) is 3.91. The van der Waals surface area contributed by atoms with Crippen molar-refractivity contribution in [3.8, 4) is 11.5 Å². The van der Waals surface area contributed by atoms with E-state index >= 15 is 0 Å². The Bertz CT molecular complexity index is 1130. The summed E-state index contributed by atoms with van der Waals surface area (Å²) in [5.41, 5.74) is -0.972. The van der Waals surface area contributed by atoms with Gasteiger partial charge in [0.1, 0.15) is 17.1 Å². The fraction of sp³-hybridized carbons (Fsp3) is 0.360. The van der Waals surface area contributed by atoms with Gasteiger partial charge in [-0.3, -0.25) is 0 Å². The first-order chi connectivity index (χ1) is 15.6. The maximum absolute atomic E-state index is 13.2. The van der Waals surface area contributed by atoms with E-state index in [0.29, 0.717) is 23.3 Å². The van der Waals surface area contributed by atoms with E-state index in [0.717, 1.165) is 5.56 Å². The highest BCUT2D eigenvalue weighted by Gasteiger charge is 2.56. The van der Waals surface area contributed by atoms with Crippen LogP contribution in [0.3, 0.4) is 0 Å². The second-order valence-electron chi connectivity index (χ2n) is 8.75. The molecule has 0 fully saturated rings. The first-order valence-electron chi connectivity index (χ1n) is 10.7. The Kier molecular flexibility index (Phi) is 5.57. The molecule has 1 unspecified atom stereocenters. The van der Waals surface area contributed by atoms with Crippen LogP contribution in [0, 0.1) is 0 Å². The number of hydrogen-bond acceptors (Lipinski definition) is 8. The second kappa shape index (κ2) is 8.12. The van der Waals surface area contributed by atoms with Crippen molar-refractivity contribution in [3.63, 3.8) is 0 Å². The molecule has 0 aliphatic carbocycles. The molecule has 0 aromatic heterocycles. The zero-order chi connectivity index (χ0) is 24.0. The molecular weight excluding hydrogens is 428 g/mol. The number of carbonyl (C=O) groups is 2. The standard InChI is InChI=1S/C25H26O8/c1-4-31-23(30)25(20(21(28)22(29)33-25)15-6-8-17(26)9-7-15)13-14-5-10-18-16(11-14)12-19(27)24(2,3)32-18/h5-11,19,26-28H,4,12-13H2,1-3H3/t19?,25-/m1/s1. The van der Waals surface area contributed by atoms with Crippen LogP contribution in [0.2, 0.25) is 0 Å². The molecule has 3 N–H and O–H groups in total. The van der Waals surface area contributed by atoms with Gasteiger partial charge < -0.3 is 29.5 Å². The number of fused-ring (bicyclic) bond motifs is 1. The molecular formula is C25H26O8. The lowest BCUT2D eigenvalue weighted by molar-refractivity contribution is -0.171. The molecule has 174 valence electrons. The number of phenols is 1. The summed E-state index contributed by atoms with van der Waals surface area (Å²) in [7, 11) is 0. The number of aliphatic hydroxyl groups excluding tert-OH is 2. The van der Waals surface area contributed by atoms with Crippen molar-refractivity contribution in [1.82, 2.24) is 0 Å².